The first-order valence-corrected chi connectivity index (χ1v) is 8.34. The summed E-state index contributed by atoms with van der Waals surface area (Å²) in [4.78, 5) is 29.3. The van der Waals surface area contributed by atoms with E-state index in [0.29, 0.717) is 17.1 Å². The SMILES string of the molecule is CC(=O)N1c2ccc(C(=O)O)cc2C(Nc2ccc(F)cn2)C(C)C1C. The average molecular weight is 357 g/mol. The number of amides is 1. The van der Waals surface area contributed by atoms with Gasteiger partial charge in [-0.15, -0.1) is 0 Å². The van der Waals surface area contributed by atoms with Crippen LogP contribution in [0.3, 0.4) is 0 Å². The minimum absolute atomic E-state index is 0.0257. The molecule has 1 aromatic heterocycles. The summed E-state index contributed by atoms with van der Waals surface area (Å²) >= 11 is 0. The van der Waals surface area contributed by atoms with Crippen LogP contribution >= 0.6 is 0 Å². The Morgan fingerprint density at radius 1 is 1.23 bits per heavy atom. The van der Waals surface area contributed by atoms with Crippen LogP contribution < -0.4 is 10.2 Å². The maximum atomic E-state index is 13.1. The van der Waals surface area contributed by atoms with Crippen LogP contribution in [0.2, 0.25) is 0 Å². The van der Waals surface area contributed by atoms with Crippen molar-refractivity contribution < 1.29 is 19.1 Å². The second-order valence-corrected chi connectivity index (χ2v) is 6.55. The number of hydrogen-bond acceptors (Lipinski definition) is 4. The molecule has 1 aliphatic heterocycles. The number of carboxylic acids is 1. The summed E-state index contributed by atoms with van der Waals surface area (Å²) in [6.07, 6.45) is 1.12. The molecule has 6 nitrogen and oxygen atoms in total. The van der Waals surface area contributed by atoms with Crippen molar-refractivity contribution in [2.24, 2.45) is 5.92 Å². The van der Waals surface area contributed by atoms with E-state index in [4.69, 9.17) is 0 Å². The van der Waals surface area contributed by atoms with Gasteiger partial charge in [0.05, 0.1) is 17.8 Å². The highest BCUT2D eigenvalue weighted by Gasteiger charge is 2.38. The molecule has 0 radical (unpaired) electrons. The molecule has 0 saturated carbocycles. The van der Waals surface area contributed by atoms with Crippen LogP contribution in [0, 0.1) is 11.7 Å². The summed E-state index contributed by atoms with van der Waals surface area (Å²) in [7, 11) is 0. The number of benzene rings is 1. The monoisotopic (exact) mass is 357 g/mol. The van der Waals surface area contributed by atoms with Crippen LogP contribution in [0.25, 0.3) is 0 Å². The molecule has 2 N–H and O–H groups in total. The molecule has 7 heteroatoms. The standard InChI is InChI=1S/C19H20FN3O3/c1-10-11(2)23(12(3)24)16-6-4-13(19(25)26)8-15(16)18(10)22-17-7-5-14(20)9-21-17/h4-11,18H,1-3H3,(H,21,22)(H,25,26). The Balaban J connectivity index is 2.09. The Hall–Kier alpha value is -2.96. The average Bonchev–Trinajstić information content (AvgIpc) is 2.60. The van der Waals surface area contributed by atoms with Gasteiger partial charge in [-0.05, 0) is 42.8 Å². The van der Waals surface area contributed by atoms with Gasteiger partial charge in [-0.1, -0.05) is 6.92 Å². The molecule has 1 amide bonds. The van der Waals surface area contributed by atoms with Crippen molar-refractivity contribution in [3.63, 3.8) is 0 Å². The summed E-state index contributed by atoms with van der Waals surface area (Å²) in [5.41, 5.74) is 1.53. The molecule has 2 aromatic rings. The molecule has 26 heavy (non-hydrogen) atoms. The van der Waals surface area contributed by atoms with Crippen LogP contribution in [0.4, 0.5) is 15.9 Å². The predicted molar refractivity (Wildman–Crippen MR) is 95.7 cm³/mol. The summed E-state index contributed by atoms with van der Waals surface area (Å²) in [6, 6.07) is 7.20. The summed E-state index contributed by atoms with van der Waals surface area (Å²) in [6.45, 7) is 5.43. The van der Waals surface area contributed by atoms with Crippen molar-refractivity contribution in [3.05, 3.63) is 53.5 Å². The number of nitrogens with one attached hydrogen (secondary N) is 1. The molecular weight excluding hydrogens is 337 g/mol. The largest absolute Gasteiger partial charge is 0.478 e. The first-order valence-electron chi connectivity index (χ1n) is 8.34. The van der Waals surface area contributed by atoms with Gasteiger partial charge in [-0.2, -0.15) is 0 Å². The van der Waals surface area contributed by atoms with Crippen LogP contribution in [-0.2, 0) is 4.79 Å². The zero-order valence-electron chi connectivity index (χ0n) is 14.7. The van der Waals surface area contributed by atoms with E-state index in [0.717, 1.165) is 6.20 Å². The Morgan fingerprint density at radius 2 is 1.96 bits per heavy atom. The van der Waals surface area contributed by atoms with Crippen LogP contribution in [0.1, 0.15) is 42.7 Å². The molecule has 0 aliphatic carbocycles. The molecule has 0 fully saturated rings. The van der Waals surface area contributed by atoms with Crippen molar-refractivity contribution in [1.29, 1.82) is 0 Å². The number of fused-ring (bicyclic) bond motifs is 1. The Bertz CT molecular complexity index is 854. The van der Waals surface area contributed by atoms with E-state index in [1.54, 1.807) is 17.0 Å². The Kier molecular flexibility index (Phi) is 4.63. The van der Waals surface area contributed by atoms with Gasteiger partial charge < -0.3 is 15.3 Å². The number of aromatic carboxylic acids is 1. The van der Waals surface area contributed by atoms with Crippen molar-refractivity contribution >= 4 is 23.4 Å². The fourth-order valence-corrected chi connectivity index (χ4v) is 3.46. The van der Waals surface area contributed by atoms with Gasteiger partial charge in [-0.3, -0.25) is 4.79 Å². The normalized spacial score (nSPS) is 21.8. The van der Waals surface area contributed by atoms with Crippen molar-refractivity contribution in [2.45, 2.75) is 32.9 Å². The number of aromatic nitrogens is 1. The first-order chi connectivity index (χ1) is 12.3. The van der Waals surface area contributed by atoms with Crippen molar-refractivity contribution in [3.8, 4) is 0 Å². The summed E-state index contributed by atoms with van der Waals surface area (Å²) in [5, 5.41) is 12.6. The van der Waals surface area contributed by atoms with E-state index in [1.807, 2.05) is 13.8 Å². The quantitative estimate of drug-likeness (QED) is 0.879. The zero-order valence-corrected chi connectivity index (χ0v) is 14.7. The van der Waals surface area contributed by atoms with Gasteiger partial charge in [0.2, 0.25) is 5.91 Å². The number of carbonyl (C=O) groups is 2. The predicted octanol–water partition coefficient (Wildman–Crippen LogP) is 3.46. The summed E-state index contributed by atoms with van der Waals surface area (Å²) < 4.78 is 13.1. The van der Waals surface area contributed by atoms with Crippen LogP contribution in [-0.4, -0.2) is 28.0 Å². The second kappa shape index (κ2) is 6.74. The topological polar surface area (TPSA) is 82.5 Å². The third kappa shape index (κ3) is 3.12. The van der Waals surface area contributed by atoms with E-state index < -0.39 is 11.8 Å². The van der Waals surface area contributed by atoms with Gasteiger partial charge in [0.1, 0.15) is 11.6 Å². The highest BCUT2D eigenvalue weighted by molar-refractivity contribution is 5.95. The molecule has 3 unspecified atom stereocenters. The lowest BCUT2D eigenvalue weighted by atomic mass is 9.82. The van der Waals surface area contributed by atoms with E-state index in [9.17, 15) is 19.1 Å². The molecular formula is C19H20FN3O3. The van der Waals surface area contributed by atoms with Gasteiger partial charge in [-0.25, -0.2) is 14.2 Å². The number of anilines is 2. The number of hydrogen-bond donors (Lipinski definition) is 2. The highest BCUT2D eigenvalue weighted by Crippen LogP contribution is 2.42. The molecule has 1 aromatic carbocycles. The minimum atomic E-state index is -1.04. The fourth-order valence-electron chi connectivity index (χ4n) is 3.46. The molecule has 0 spiro atoms. The van der Waals surface area contributed by atoms with Gasteiger partial charge in [0.15, 0.2) is 0 Å². The number of halogens is 1. The number of nitrogens with zero attached hydrogens (tertiary/aromatic N) is 2. The molecule has 0 bridgehead atoms. The third-order valence-electron chi connectivity index (χ3n) is 4.93. The number of rotatable bonds is 3. The highest BCUT2D eigenvalue weighted by atomic mass is 19.1. The van der Waals surface area contributed by atoms with Gasteiger partial charge >= 0.3 is 5.97 Å². The van der Waals surface area contributed by atoms with Crippen LogP contribution in [0.5, 0.6) is 0 Å². The first kappa shape index (κ1) is 17.8. The molecule has 0 saturated heterocycles. The lowest BCUT2D eigenvalue weighted by molar-refractivity contribution is -0.117. The van der Waals surface area contributed by atoms with E-state index in [-0.39, 0.29) is 29.5 Å². The molecule has 136 valence electrons. The Morgan fingerprint density at radius 3 is 2.54 bits per heavy atom. The van der Waals surface area contributed by atoms with Gasteiger partial charge in [0, 0.05) is 24.6 Å². The van der Waals surface area contributed by atoms with Gasteiger partial charge in [0.25, 0.3) is 0 Å². The number of pyridine rings is 1. The van der Waals surface area contributed by atoms with E-state index in [2.05, 4.69) is 10.3 Å². The van der Waals surface area contributed by atoms with E-state index >= 15 is 0 Å². The molecule has 2 heterocycles. The summed E-state index contributed by atoms with van der Waals surface area (Å²) in [5.74, 6) is -1.11. The lowest BCUT2D eigenvalue weighted by Gasteiger charge is -2.44. The zero-order chi connectivity index (χ0) is 19.0. The fraction of sp³-hybridized carbons (Fsp3) is 0.316. The van der Waals surface area contributed by atoms with E-state index in [1.165, 1.54) is 25.1 Å². The number of carboxylic acid groups (broad SMARTS) is 1. The smallest absolute Gasteiger partial charge is 0.335 e. The van der Waals surface area contributed by atoms with Crippen LogP contribution in [0.15, 0.2) is 36.5 Å². The third-order valence-corrected chi connectivity index (χ3v) is 4.93. The minimum Gasteiger partial charge on any atom is -0.478 e. The molecule has 3 rings (SSSR count). The Labute approximate surface area is 150 Å². The molecule has 3 atom stereocenters. The van der Waals surface area contributed by atoms with Crippen molar-refractivity contribution in [2.75, 3.05) is 10.2 Å². The number of carbonyl (C=O) groups excluding carboxylic acids is 1. The van der Waals surface area contributed by atoms with Crippen molar-refractivity contribution in [1.82, 2.24) is 4.98 Å². The maximum Gasteiger partial charge on any atom is 0.335 e. The lowest BCUT2D eigenvalue weighted by Crippen LogP contribution is -2.48. The maximum absolute atomic E-state index is 13.1. The second-order valence-electron chi connectivity index (χ2n) is 6.55. The molecule has 1 aliphatic rings.